The minimum atomic E-state index is -0.357. The number of hydrogen-bond donors (Lipinski definition) is 1. The average Bonchev–Trinajstić information content (AvgIpc) is 3.27. The molecule has 4 aromatic rings. The van der Waals surface area contributed by atoms with Gasteiger partial charge in [-0.3, -0.25) is 0 Å². The number of fused-ring (bicyclic) bond motifs is 1. The molecule has 0 saturated heterocycles. The molecule has 1 N–H and O–H groups in total. The fourth-order valence-corrected chi connectivity index (χ4v) is 2.70. The summed E-state index contributed by atoms with van der Waals surface area (Å²) in [7, 11) is 0. The Morgan fingerprint density at radius 1 is 1.39 bits per heavy atom. The van der Waals surface area contributed by atoms with E-state index in [2.05, 4.69) is 20.1 Å². The molecule has 0 fully saturated rings. The largest absolute Gasteiger partial charge is 0.349 e. The van der Waals surface area contributed by atoms with E-state index >= 15 is 0 Å². The van der Waals surface area contributed by atoms with E-state index in [1.54, 1.807) is 18.6 Å². The second kappa shape index (κ2) is 5.20. The first-order valence-corrected chi connectivity index (χ1v) is 7.29. The van der Waals surface area contributed by atoms with Gasteiger partial charge in [-0.1, -0.05) is 16.8 Å². The molecule has 0 bridgehead atoms. The van der Waals surface area contributed by atoms with Crippen LogP contribution in [0.3, 0.4) is 0 Å². The Balaban J connectivity index is 1.76. The predicted octanol–water partition coefficient (Wildman–Crippen LogP) is 3.82. The second-order valence-corrected chi connectivity index (χ2v) is 5.53. The highest BCUT2D eigenvalue weighted by Crippen LogP contribution is 2.34. The molecule has 8 heteroatoms. The third-order valence-electron chi connectivity index (χ3n) is 3.70. The summed E-state index contributed by atoms with van der Waals surface area (Å²) in [5.74, 6) is 0.400. The Hall–Kier alpha value is -2.67. The zero-order valence-corrected chi connectivity index (χ0v) is 12.8. The summed E-state index contributed by atoms with van der Waals surface area (Å²) in [6, 6.07) is 4.21. The molecule has 0 aliphatic carbocycles. The quantitative estimate of drug-likeness (QED) is 0.619. The van der Waals surface area contributed by atoms with E-state index in [1.165, 1.54) is 12.1 Å². The first-order valence-electron chi connectivity index (χ1n) is 6.91. The second-order valence-electron chi connectivity index (χ2n) is 5.15. The maximum Gasteiger partial charge on any atom is 0.276 e. The number of benzene rings is 1. The first kappa shape index (κ1) is 14.0. The SMILES string of the molecule is C[C@H](c1noc(-c2[nH]c3ccc(F)cc3c2Cl)n1)n1ccnc1. The van der Waals surface area contributed by atoms with Crippen LogP contribution in [0.2, 0.25) is 5.02 Å². The summed E-state index contributed by atoms with van der Waals surface area (Å²) in [6.45, 7) is 1.93. The third-order valence-corrected chi connectivity index (χ3v) is 4.09. The molecule has 6 nitrogen and oxygen atoms in total. The third kappa shape index (κ3) is 2.29. The number of aromatic amines is 1. The molecule has 23 heavy (non-hydrogen) atoms. The van der Waals surface area contributed by atoms with Crippen molar-refractivity contribution in [1.29, 1.82) is 0 Å². The Morgan fingerprint density at radius 2 is 2.26 bits per heavy atom. The number of halogens is 2. The molecular weight excluding hydrogens is 321 g/mol. The molecular formula is C15H11ClFN5O. The molecule has 0 amide bonds. The van der Waals surface area contributed by atoms with Crippen molar-refractivity contribution in [3.8, 4) is 11.6 Å². The topological polar surface area (TPSA) is 72.5 Å². The van der Waals surface area contributed by atoms with Gasteiger partial charge >= 0.3 is 0 Å². The minimum Gasteiger partial charge on any atom is -0.349 e. The lowest BCUT2D eigenvalue weighted by molar-refractivity contribution is 0.411. The molecule has 3 aromatic heterocycles. The van der Waals surface area contributed by atoms with Crippen molar-refractivity contribution in [3.05, 3.63) is 53.6 Å². The van der Waals surface area contributed by atoms with Gasteiger partial charge in [0.1, 0.15) is 11.5 Å². The average molecular weight is 332 g/mol. The Kier molecular flexibility index (Phi) is 3.16. The van der Waals surface area contributed by atoms with Crippen molar-refractivity contribution < 1.29 is 8.91 Å². The highest BCUT2D eigenvalue weighted by molar-refractivity contribution is 6.38. The molecule has 0 radical (unpaired) electrons. The number of aromatic nitrogens is 5. The van der Waals surface area contributed by atoms with Crippen molar-refractivity contribution in [1.82, 2.24) is 24.7 Å². The maximum absolute atomic E-state index is 13.4. The molecule has 1 aromatic carbocycles. The number of nitrogens with one attached hydrogen (secondary N) is 1. The monoisotopic (exact) mass is 331 g/mol. The molecule has 0 saturated carbocycles. The minimum absolute atomic E-state index is 0.129. The van der Waals surface area contributed by atoms with Crippen LogP contribution in [0.15, 0.2) is 41.4 Å². The Bertz CT molecular complexity index is 975. The summed E-state index contributed by atoms with van der Waals surface area (Å²) in [5, 5.41) is 4.91. The van der Waals surface area contributed by atoms with E-state index in [0.29, 0.717) is 27.4 Å². The number of nitrogens with zero attached hydrogens (tertiary/aromatic N) is 4. The molecule has 0 aliphatic rings. The van der Waals surface area contributed by atoms with Crippen LogP contribution in [0.4, 0.5) is 4.39 Å². The van der Waals surface area contributed by atoms with Crippen LogP contribution < -0.4 is 0 Å². The van der Waals surface area contributed by atoms with Gasteiger partial charge in [0.25, 0.3) is 5.89 Å². The molecule has 1 atom stereocenters. The van der Waals surface area contributed by atoms with E-state index in [0.717, 1.165) is 0 Å². The van der Waals surface area contributed by atoms with Gasteiger partial charge in [0.15, 0.2) is 5.82 Å². The van der Waals surface area contributed by atoms with Gasteiger partial charge in [-0.05, 0) is 25.1 Å². The fourth-order valence-electron chi connectivity index (χ4n) is 2.42. The standard InChI is InChI=1S/C15H11ClFN5O/c1-8(22-5-4-18-7-22)14-20-15(23-21-14)13-12(16)10-6-9(17)2-3-11(10)19-13/h2-8,19H,1H3/t8-/m1/s1. The van der Waals surface area contributed by atoms with E-state index in [-0.39, 0.29) is 17.7 Å². The Labute approximate surface area is 134 Å². The molecule has 0 unspecified atom stereocenters. The molecule has 0 aliphatic heterocycles. The van der Waals surface area contributed by atoms with Crippen LogP contribution >= 0.6 is 11.6 Å². The highest BCUT2D eigenvalue weighted by atomic mass is 35.5. The van der Waals surface area contributed by atoms with Crippen LogP contribution in [-0.4, -0.2) is 24.7 Å². The summed E-state index contributed by atoms with van der Waals surface area (Å²) < 4.78 is 20.5. The summed E-state index contributed by atoms with van der Waals surface area (Å²) in [6.07, 6.45) is 5.18. The van der Waals surface area contributed by atoms with Gasteiger partial charge in [0.05, 0.1) is 17.4 Å². The van der Waals surface area contributed by atoms with E-state index in [4.69, 9.17) is 16.1 Å². The zero-order valence-electron chi connectivity index (χ0n) is 12.0. The lowest BCUT2D eigenvalue weighted by Crippen LogP contribution is -2.06. The fraction of sp³-hybridized carbons (Fsp3) is 0.133. The van der Waals surface area contributed by atoms with Crippen LogP contribution in [0.5, 0.6) is 0 Å². The normalized spacial score (nSPS) is 12.8. The van der Waals surface area contributed by atoms with Crippen LogP contribution in [-0.2, 0) is 0 Å². The van der Waals surface area contributed by atoms with Crippen molar-refractivity contribution in [2.75, 3.05) is 0 Å². The lowest BCUT2D eigenvalue weighted by Gasteiger charge is -2.06. The number of imidazole rings is 1. The number of H-pyrrole nitrogens is 1. The smallest absolute Gasteiger partial charge is 0.276 e. The highest BCUT2D eigenvalue weighted by Gasteiger charge is 2.20. The van der Waals surface area contributed by atoms with E-state index < -0.39 is 0 Å². The van der Waals surface area contributed by atoms with Gasteiger partial charge in [-0.2, -0.15) is 4.98 Å². The van der Waals surface area contributed by atoms with Crippen molar-refractivity contribution in [2.24, 2.45) is 0 Å². The lowest BCUT2D eigenvalue weighted by atomic mass is 10.2. The Morgan fingerprint density at radius 3 is 3.04 bits per heavy atom. The van der Waals surface area contributed by atoms with Gasteiger partial charge < -0.3 is 14.1 Å². The van der Waals surface area contributed by atoms with Crippen LogP contribution in [0.1, 0.15) is 18.8 Å². The number of rotatable bonds is 3. The molecule has 3 heterocycles. The van der Waals surface area contributed by atoms with Gasteiger partial charge in [-0.25, -0.2) is 9.37 Å². The number of hydrogen-bond acceptors (Lipinski definition) is 4. The first-order chi connectivity index (χ1) is 11.1. The summed E-state index contributed by atoms with van der Waals surface area (Å²) >= 11 is 6.31. The van der Waals surface area contributed by atoms with Crippen molar-refractivity contribution >= 4 is 22.5 Å². The summed E-state index contributed by atoms with van der Waals surface area (Å²) in [5.41, 5.74) is 1.18. The maximum atomic E-state index is 13.4. The van der Waals surface area contributed by atoms with E-state index in [1.807, 2.05) is 17.7 Å². The summed E-state index contributed by atoms with van der Waals surface area (Å²) in [4.78, 5) is 11.5. The van der Waals surface area contributed by atoms with Crippen molar-refractivity contribution in [3.63, 3.8) is 0 Å². The van der Waals surface area contributed by atoms with Crippen LogP contribution in [0, 0.1) is 5.82 Å². The zero-order chi connectivity index (χ0) is 16.0. The van der Waals surface area contributed by atoms with Crippen LogP contribution in [0.25, 0.3) is 22.5 Å². The van der Waals surface area contributed by atoms with Gasteiger partial charge in [0, 0.05) is 23.3 Å². The van der Waals surface area contributed by atoms with E-state index in [9.17, 15) is 4.39 Å². The molecule has 4 rings (SSSR count). The molecule has 116 valence electrons. The van der Waals surface area contributed by atoms with Gasteiger partial charge in [0.2, 0.25) is 0 Å². The van der Waals surface area contributed by atoms with Crippen molar-refractivity contribution in [2.45, 2.75) is 13.0 Å². The molecule has 0 spiro atoms. The predicted molar refractivity (Wildman–Crippen MR) is 82.6 cm³/mol. The van der Waals surface area contributed by atoms with Gasteiger partial charge in [-0.15, -0.1) is 0 Å².